The van der Waals surface area contributed by atoms with Crippen molar-refractivity contribution in [2.24, 2.45) is 0 Å². The van der Waals surface area contributed by atoms with Crippen LogP contribution in [0.25, 0.3) is 0 Å². The van der Waals surface area contributed by atoms with Crippen molar-refractivity contribution < 1.29 is 9.18 Å². The van der Waals surface area contributed by atoms with Crippen LogP contribution in [0.2, 0.25) is 5.02 Å². The lowest BCUT2D eigenvalue weighted by Crippen LogP contribution is -2.13. The monoisotopic (exact) mass is 328 g/mol. The van der Waals surface area contributed by atoms with Gasteiger partial charge >= 0.3 is 0 Å². The Labute approximate surface area is 116 Å². The van der Waals surface area contributed by atoms with Crippen LogP contribution in [-0.2, 0) is 0 Å². The van der Waals surface area contributed by atoms with Crippen LogP contribution in [0.5, 0.6) is 0 Å². The summed E-state index contributed by atoms with van der Waals surface area (Å²) in [5.74, 6) is -0.775. The molecule has 0 atom stereocenters. The molecule has 0 saturated heterocycles. The Balaban J connectivity index is 2.18. The molecule has 1 aromatic carbocycles. The number of anilines is 1. The van der Waals surface area contributed by atoms with Crippen molar-refractivity contribution in [2.75, 3.05) is 5.32 Å². The molecular formula is C12H7BrClFN2O. The number of carbonyl (C=O) groups is 1. The van der Waals surface area contributed by atoms with Crippen molar-refractivity contribution in [2.45, 2.75) is 0 Å². The summed E-state index contributed by atoms with van der Waals surface area (Å²) in [5.41, 5.74) is 0.703. The quantitative estimate of drug-likeness (QED) is 0.908. The van der Waals surface area contributed by atoms with Crippen LogP contribution in [0.3, 0.4) is 0 Å². The zero-order chi connectivity index (χ0) is 13.1. The van der Waals surface area contributed by atoms with Gasteiger partial charge < -0.3 is 5.32 Å². The molecule has 0 bridgehead atoms. The number of amides is 1. The number of pyridine rings is 1. The summed E-state index contributed by atoms with van der Waals surface area (Å²) in [5, 5.41) is 3.07. The first kappa shape index (κ1) is 13.0. The highest BCUT2D eigenvalue weighted by Gasteiger charge is 2.09. The second-order valence-corrected chi connectivity index (χ2v) is 4.73. The third-order valence-corrected chi connectivity index (χ3v) is 3.02. The van der Waals surface area contributed by atoms with Gasteiger partial charge in [0.2, 0.25) is 0 Å². The fourth-order valence-corrected chi connectivity index (χ4v) is 1.85. The summed E-state index contributed by atoms with van der Waals surface area (Å²) in [7, 11) is 0. The fourth-order valence-electron chi connectivity index (χ4n) is 1.29. The highest BCUT2D eigenvalue weighted by Crippen LogP contribution is 2.23. The first-order chi connectivity index (χ1) is 8.56. The maximum Gasteiger partial charge on any atom is 0.274 e. The van der Waals surface area contributed by atoms with Crippen LogP contribution in [0.1, 0.15) is 10.5 Å². The van der Waals surface area contributed by atoms with E-state index < -0.39 is 0 Å². The molecule has 1 aromatic heterocycles. The van der Waals surface area contributed by atoms with Gasteiger partial charge in [0.05, 0.1) is 10.7 Å². The van der Waals surface area contributed by atoms with Gasteiger partial charge in [-0.1, -0.05) is 11.6 Å². The Hall–Kier alpha value is -1.46. The fraction of sp³-hybridized carbons (Fsp3) is 0. The minimum atomic E-state index is -0.390. The van der Waals surface area contributed by atoms with Crippen LogP contribution in [-0.4, -0.2) is 10.9 Å². The zero-order valence-electron chi connectivity index (χ0n) is 8.95. The van der Waals surface area contributed by atoms with Gasteiger partial charge in [0.1, 0.15) is 11.5 Å². The van der Waals surface area contributed by atoms with Crippen molar-refractivity contribution in [1.29, 1.82) is 0 Å². The van der Waals surface area contributed by atoms with Gasteiger partial charge in [-0.3, -0.25) is 4.79 Å². The first-order valence-electron chi connectivity index (χ1n) is 4.94. The van der Waals surface area contributed by atoms with E-state index in [0.717, 1.165) is 0 Å². The van der Waals surface area contributed by atoms with Crippen LogP contribution in [0.15, 0.2) is 41.0 Å². The van der Waals surface area contributed by atoms with E-state index in [2.05, 4.69) is 26.2 Å². The van der Waals surface area contributed by atoms with Crippen molar-refractivity contribution in [3.63, 3.8) is 0 Å². The van der Waals surface area contributed by atoms with E-state index in [0.29, 0.717) is 15.2 Å². The minimum Gasteiger partial charge on any atom is -0.320 e. The number of rotatable bonds is 2. The smallest absolute Gasteiger partial charge is 0.274 e. The van der Waals surface area contributed by atoms with Gasteiger partial charge in [0, 0.05) is 10.7 Å². The Kier molecular flexibility index (Phi) is 3.93. The molecule has 1 N–H and O–H groups in total. The molecule has 92 valence electrons. The normalized spacial score (nSPS) is 10.2. The molecule has 18 heavy (non-hydrogen) atoms. The van der Waals surface area contributed by atoms with E-state index in [1.165, 1.54) is 30.5 Å². The average Bonchev–Trinajstić information content (AvgIpc) is 2.33. The molecule has 0 fully saturated rings. The molecule has 0 radical (unpaired) electrons. The standard InChI is InChI=1S/C12H7BrClFN2O/c13-9-5-8(15)2-4-10(9)17-12(18)11-3-1-7(14)6-16-11/h1-6H,(H,17,18). The minimum absolute atomic E-state index is 0.232. The molecule has 0 aliphatic carbocycles. The van der Waals surface area contributed by atoms with E-state index >= 15 is 0 Å². The van der Waals surface area contributed by atoms with Crippen LogP contribution >= 0.6 is 27.5 Å². The zero-order valence-corrected chi connectivity index (χ0v) is 11.3. The number of hydrogen-bond acceptors (Lipinski definition) is 2. The molecule has 6 heteroatoms. The summed E-state index contributed by atoms with van der Waals surface area (Å²) < 4.78 is 13.3. The third-order valence-electron chi connectivity index (χ3n) is 2.14. The molecule has 1 amide bonds. The first-order valence-corrected chi connectivity index (χ1v) is 6.11. The Morgan fingerprint density at radius 1 is 1.33 bits per heavy atom. The lowest BCUT2D eigenvalue weighted by atomic mass is 10.3. The summed E-state index contributed by atoms with van der Waals surface area (Å²) in [4.78, 5) is 15.7. The van der Waals surface area contributed by atoms with Crippen molar-refractivity contribution in [1.82, 2.24) is 4.98 Å². The summed E-state index contributed by atoms with van der Waals surface area (Å²) in [6, 6.07) is 7.08. The summed E-state index contributed by atoms with van der Waals surface area (Å²) in [6.07, 6.45) is 1.39. The molecule has 0 aliphatic rings. The lowest BCUT2D eigenvalue weighted by Gasteiger charge is -2.06. The molecule has 1 heterocycles. The molecule has 0 unspecified atom stereocenters. The molecule has 0 spiro atoms. The van der Waals surface area contributed by atoms with Crippen LogP contribution in [0.4, 0.5) is 10.1 Å². The summed E-state index contributed by atoms with van der Waals surface area (Å²) in [6.45, 7) is 0. The van der Waals surface area contributed by atoms with Crippen molar-refractivity contribution in [3.05, 3.63) is 57.5 Å². The number of benzene rings is 1. The van der Waals surface area contributed by atoms with Gasteiger partial charge in [0.15, 0.2) is 0 Å². The van der Waals surface area contributed by atoms with E-state index in [9.17, 15) is 9.18 Å². The molecule has 3 nitrogen and oxygen atoms in total. The Morgan fingerprint density at radius 2 is 2.11 bits per heavy atom. The van der Waals surface area contributed by atoms with Gasteiger partial charge in [0.25, 0.3) is 5.91 Å². The maximum absolute atomic E-state index is 12.9. The molecule has 2 rings (SSSR count). The van der Waals surface area contributed by atoms with Crippen LogP contribution in [0, 0.1) is 5.82 Å². The number of nitrogens with zero attached hydrogens (tertiary/aromatic N) is 1. The van der Waals surface area contributed by atoms with E-state index in [1.54, 1.807) is 6.07 Å². The van der Waals surface area contributed by atoms with E-state index in [1.807, 2.05) is 0 Å². The van der Waals surface area contributed by atoms with Gasteiger partial charge in [-0.25, -0.2) is 9.37 Å². The number of nitrogens with one attached hydrogen (secondary N) is 1. The molecular weight excluding hydrogens is 322 g/mol. The highest BCUT2D eigenvalue weighted by molar-refractivity contribution is 9.10. The van der Waals surface area contributed by atoms with Gasteiger partial charge in [-0.2, -0.15) is 0 Å². The average molecular weight is 330 g/mol. The topological polar surface area (TPSA) is 42.0 Å². The van der Waals surface area contributed by atoms with Gasteiger partial charge in [-0.15, -0.1) is 0 Å². The number of hydrogen-bond donors (Lipinski definition) is 1. The number of halogens is 3. The lowest BCUT2D eigenvalue weighted by molar-refractivity contribution is 0.102. The largest absolute Gasteiger partial charge is 0.320 e. The predicted molar refractivity (Wildman–Crippen MR) is 71.3 cm³/mol. The van der Waals surface area contributed by atoms with Gasteiger partial charge in [-0.05, 0) is 46.3 Å². The van der Waals surface area contributed by atoms with E-state index in [-0.39, 0.29) is 17.4 Å². The SMILES string of the molecule is O=C(Nc1ccc(F)cc1Br)c1ccc(Cl)cn1. The third kappa shape index (κ3) is 3.05. The summed E-state index contributed by atoms with van der Waals surface area (Å²) >= 11 is 8.84. The second-order valence-electron chi connectivity index (χ2n) is 3.44. The predicted octanol–water partition coefficient (Wildman–Crippen LogP) is 3.89. The maximum atomic E-state index is 12.9. The number of aromatic nitrogens is 1. The molecule has 2 aromatic rings. The van der Waals surface area contributed by atoms with Crippen LogP contribution < -0.4 is 5.32 Å². The Bertz CT molecular complexity index is 589. The van der Waals surface area contributed by atoms with E-state index in [4.69, 9.17) is 11.6 Å². The second kappa shape index (κ2) is 5.46. The molecule has 0 saturated carbocycles. The molecule has 0 aliphatic heterocycles. The Morgan fingerprint density at radius 3 is 2.72 bits per heavy atom. The van der Waals surface area contributed by atoms with Crippen molar-refractivity contribution in [3.8, 4) is 0 Å². The van der Waals surface area contributed by atoms with Crippen molar-refractivity contribution >= 4 is 39.1 Å². The highest BCUT2D eigenvalue weighted by atomic mass is 79.9. The number of carbonyl (C=O) groups excluding carboxylic acids is 1.